The van der Waals surface area contributed by atoms with E-state index in [1.807, 2.05) is 24.3 Å². The summed E-state index contributed by atoms with van der Waals surface area (Å²) in [5.41, 5.74) is 1.10. The minimum atomic E-state index is -4.89. The van der Waals surface area contributed by atoms with E-state index in [1.54, 1.807) is 19.2 Å². The van der Waals surface area contributed by atoms with Crippen molar-refractivity contribution in [3.8, 4) is 11.5 Å². The minimum absolute atomic E-state index is 0.0278. The molecule has 1 amide bonds. The topological polar surface area (TPSA) is 93.7 Å². The number of halogens is 3. The predicted octanol–water partition coefficient (Wildman–Crippen LogP) is 4.37. The van der Waals surface area contributed by atoms with E-state index in [0.717, 1.165) is 35.6 Å². The Kier molecular flexibility index (Phi) is 7.67. The van der Waals surface area contributed by atoms with E-state index < -0.39 is 28.0 Å². The Balaban J connectivity index is 1.67. The number of carbonyl (C=O) groups is 1. The Morgan fingerprint density at radius 2 is 1.53 bits per heavy atom. The average molecular weight is 494 g/mol. The first kappa shape index (κ1) is 24.9. The van der Waals surface area contributed by atoms with Gasteiger partial charge in [0.15, 0.2) is 0 Å². The number of carbonyl (C=O) groups excluding carboxylic acids is 1. The van der Waals surface area contributed by atoms with E-state index in [0.29, 0.717) is 13.0 Å². The molecule has 0 aliphatic rings. The van der Waals surface area contributed by atoms with E-state index >= 15 is 0 Å². The molecule has 3 aromatic carbocycles. The van der Waals surface area contributed by atoms with E-state index in [4.69, 9.17) is 4.74 Å². The van der Waals surface area contributed by atoms with Crippen LogP contribution in [-0.2, 0) is 16.4 Å². The van der Waals surface area contributed by atoms with Gasteiger partial charge in [-0.25, -0.2) is 8.42 Å². The minimum Gasteiger partial charge on any atom is -0.497 e. The van der Waals surface area contributed by atoms with Crippen molar-refractivity contribution in [2.45, 2.75) is 17.7 Å². The lowest BCUT2D eigenvalue weighted by Crippen LogP contribution is -2.27. The number of nitrogens with one attached hydrogen (secondary N) is 2. The largest absolute Gasteiger partial charge is 0.573 e. The second-order valence-electron chi connectivity index (χ2n) is 7.02. The lowest BCUT2D eigenvalue weighted by molar-refractivity contribution is -0.274. The summed E-state index contributed by atoms with van der Waals surface area (Å²) in [5, 5.41) is 2.74. The normalized spacial score (nSPS) is 11.5. The summed E-state index contributed by atoms with van der Waals surface area (Å²) in [7, 11) is -2.61. The van der Waals surface area contributed by atoms with Gasteiger partial charge in [0.2, 0.25) is 0 Å². The number of para-hydroxylation sites is 1. The van der Waals surface area contributed by atoms with E-state index in [9.17, 15) is 26.4 Å². The lowest BCUT2D eigenvalue weighted by atomic mass is 10.1. The molecule has 3 rings (SSSR count). The van der Waals surface area contributed by atoms with Crippen LogP contribution in [0.4, 0.5) is 18.9 Å². The number of anilines is 1. The SMILES string of the molecule is COc1ccc(CCNC(=O)c2ccccc2NS(=O)(=O)c2ccc(OC(F)(F)F)cc2)cc1. The van der Waals surface area contributed by atoms with E-state index in [2.05, 4.69) is 14.8 Å². The summed E-state index contributed by atoms with van der Waals surface area (Å²) < 4.78 is 73.5. The summed E-state index contributed by atoms with van der Waals surface area (Å²) in [6.45, 7) is 0.312. The smallest absolute Gasteiger partial charge is 0.497 e. The molecule has 0 radical (unpaired) electrons. The highest BCUT2D eigenvalue weighted by Gasteiger charge is 2.31. The van der Waals surface area contributed by atoms with Crippen LogP contribution in [0, 0.1) is 0 Å². The molecule has 0 heterocycles. The monoisotopic (exact) mass is 494 g/mol. The van der Waals surface area contributed by atoms with Gasteiger partial charge in [0, 0.05) is 6.54 Å². The van der Waals surface area contributed by atoms with Crippen LogP contribution in [0.3, 0.4) is 0 Å². The number of ether oxygens (including phenoxy) is 2. The van der Waals surface area contributed by atoms with E-state index in [1.165, 1.54) is 12.1 Å². The van der Waals surface area contributed by atoms with Crippen molar-refractivity contribution in [1.29, 1.82) is 0 Å². The van der Waals surface area contributed by atoms with Gasteiger partial charge in [-0.1, -0.05) is 24.3 Å². The lowest BCUT2D eigenvalue weighted by Gasteiger charge is -2.13. The Hall–Kier alpha value is -3.73. The van der Waals surface area contributed by atoms with Crippen molar-refractivity contribution in [2.75, 3.05) is 18.4 Å². The Morgan fingerprint density at radius 3 is 2.15 bits per heavy atom. The molecule has 0 bridgehead atoms. The number of hydrogen-bond donors (Lipinski definition) is 2. The summed E-state index contributed by atoms with van der Waals surface area (Å²) in [6.07, 6.45) is -4.34. The maximum Gasteiger partial charge on any atom is 0.573 e. The molecule has 11 heteroatoms. The summed E-state index contributed by atoms with van der Waals surface area (Å²) in [5.74, 6) is -0.319. The molecule has 7 nitrogen and oxygen atoms in total. The zero-order valence-electron chi connectivity index (χ0n) is 17.9. The molecule has 0 atom stereocenters. The van der Waals surface area contributed by atoms with Crippen molar-refractivity contribution < 1.29 is 35.9 Å². The Labute approximate surface area is 194 Å². The molecule has 0 aromatic heterocycles. The van der Waals surface area contributed by atoms with Gasteiger partial charge in [-0.05, 0) is 60.5 Å². The number of sulfonamides is 1. The van der Waals surface area contributed by atoms with Gasteiger partial charge in [0.05, 0.1) is 23.3 Å². The standard InChI is InChI=1S/C23H21F3N2O5S/c1-32-17-8-6-16(7-9-17)14-15-27-22(29)20-4-2-3-5-21(20)28-34(30,31)19-12-10-18(11-13-19)33-23(24,25)26/h2-13,28H,14-15H2,1H3,(H,27,29). The van der Waals surface area contributed by atoms with Crippen LogP contribution >= 0.6 is 0 Å². The average Bonchev–Trinajstić information content (AvgIpc) is 2.79. The summed E-state index contributed by atoms with van der Waals surface area (Å²) in [4.78, 5) is 12.4. The number of rotatable bonds is 9. The quantitative estimate of drug-likeness (QED) is 0.461. The molecule has 0 aliphatic heterocycles. The third kappa shape index (κ3) is 6.88. The van der Waals surface area contributed by atoms with Crippen LogP contribution in [-0.4, -0.2) is 34.3 Å². The van der Waals surface area contributed by atoms with Gasteiger partial charge in [0.25, 0.3) is 15.9 Å². The van der Waals surface area contributed by atoms with Crippen LogP contribution in [0.2, 0.25) is 0 Å². The van der Waals surface area contributed by atoms with Crippen molar-refractivity contribution in [2.24, 2.45) is 0 Å². The molecule has 0 spiro atoms. The van der Waals surface area contributed by atoms with Gasteiger partial charge < -0.3 is 14.8 Å². The third-order valence-electron chi connectivity index (χ3n) is 4.64. The van der Waals surface area contributed by atoms with E-state index in [-0.39, 0.29) is 16.1 Å². The molecule has 0 saturated heterocycles. The molecule has 0 aliphatic carbocycles. The summed E-state index contributed by atoms with van der Waals surface area (Å²) in [6, 6.07) is 17.1. The predicted molar refractivity (Wildman–Crippen MR) is 119 cm³/mol. The van der Waals surface area contributed by atoms with Gasteiger partial charge in [-0.15, -0.1) is 13.2 Å². The molecular formula is C23H21F3N2O5S. The maximum atomic E-state index is 12.7. The fourth-order valence-corrected chi connectivity index (χ4v) is 4.08. The first-order valence-corrected chi connectivity index (χ1v) is 11.4. The van der Waals surface area contributed by atoms with Crippen LogP contribution < -0.4 is 19.5 Å². The first-order chi connectivity index (χ1) is 16.1. The van der Waals surface area contributed by atoms with Gasteiger partial charge >= 0.3 is 6.36 Å². The molecule has 0 unspecified atom stereocenters. The van der Waals surface area contributed by atoms with Crippen LogP contribution in [0.1, 0.15) is 15.9 Å². The summed E-state index contributed by atoms with van der Waals surface area (Å²) >= 11 is 0. The number of alkyl halides is 3. The second kappa shape index (κ2) is 10.5. The van der Waals surface area contributed by atoms with Gasteiger partial charge in [-0.2, -0.15) is 0 Å². The highest BCUT2D eigenvalue weighted by Crippen LogP contribution is 2.25. The second-order valence-corrected chi connectivity index (χ2v) is 8.71. The van der Waals surface area contributed by atoms with Gasteiger partial charge in [0.1, 0.15) is 11.5 Å². The molecule has 0 saturated carbocycles. The molecule has 34 heavy (non-hydrogen) atoms. The zero-order chi connectivity index (χ0) is 24.8. The fourth-order valence-electron chi connectivity index (χ4n) is 3.00. The number of benzene rings is 3. The Morgan fingerprint density at radius 1 is 0.912 bits per heavy atom. The highest BCUT2D eigenvalue weighted by molar-refractivity contribution is 7.92. The number of amides is 1. The number of methoxy groups -OCH3 is 1. The van der Waals surface area contributed by atoms with Crippen molar-refractivity contribution in [1.82, 2.24) is 5.32 Å². The molecule has 0 fully saturated rings. The Bertz CT molecular complexity index is 1230. The molecule has 3 aromatic rings. The van der Waals surface area contributed by atoms with Crippen molar-refractivity contribution in [3.63, 3.8) is 0 Å². The van der Waals surface area contributed by atoms with Crippen LogP contribution in [0.25, 0.3) is 0 Å². The molecule has 180 valence electrons. The first-order valence-electron chi connectivity index (χ1n) is 9.96. The van der Waals surface area contributed by atoms with Crippen molar-refractivity contribution in [3.05, 3.63) is 83.9 Å². The third-order valence-corrected chi connectivity index (χ3v) is 6.02. The fraction of sp³-hybridized carbons (Fsp3) is 0.174. The number of hydrogen-bond acceptors (Lipinski definition) is 5. The van der Waals surface area contributed by atoms with Crippen LogP contribution in [0.5, 0.6) is 11.5 Å². The van der Waals surface area contributed by atoms with Crippen molar-refractivity contribution >= 4 is 21.6 Å². The van der Waals surface area contributed by atoms with Crippen LogP contribution in [0.15, 0.2) is 77.7 Å². The molecular weight excluding hydrogens is 473 g/mol. The van der Waals surface area contributed by atoms with Gasteiger partial charge in [-0.3, -0.25) is 9.52 Å². The molecule has 2 N–H and O–H groups in total. The maximum absolute atomic E-state index is 12.7. The highest BCUT2D eigenvalue weighted by atomic mass is 32.2. The zero-order valence-corrected chi connectivity index (χ0v) is 18.7.